The number of carbonyl (C=O) groups is 3. The van der Waals surface area contributed by atoms with Crippen molar-refractivity contribution in [2.75, 3.05) is 31.1 Å². The predicted octanol–water partition coefficient (Wildman–Crippen LogP) is 2.28. The van der Waals surface area contributed by atoms with E-state index in [1.165, 1.54) is 11.3 Å². The van der Waals surface area contributed by atoms with Gasteiger partial charge in [-0.3, -0.25) is 14.4 Å². The van der Waals surface area contributed by atoms with Gasteiger partial charge < -0.3 is 19.9 Å². The van der Waals surface area contributed by atoms with Crippen molar-refractivity contribution in [2.45, 2.75) is 25.4 Å². The molecule has 152 valence electrons. The van der Waals surface area contributed by atoms with Crippen molar-refractivity contribution >= 4 is 34.7 Å². The van der Waals surface area contributed by atoms with Crippen molar-refractivity contribution < 1.29 is 19.1 Å². The molecule has 0 bridgehead atoms. The van der Waals surface area contributed by atoms with E-state index in [2.05, 4.69) is 5.32 Å². The van der Waals surface area contributed by atoms with Crippen LogP contribution in [0.4, 0.5) is 5.69 Å². The van der Waals surface area contributed by atoms with Crippen LogP contribution in [0.2, 0.25) is 0 Å². The third kappa shape index (κ3) is 4.27. The van der Waals surface area contributed by atoms with E-state index in [-0.39, 0.29) is 30.8 Å². The van der Waals surface area contributed by atoms with Crippen molar-refractivity contribution in [3.63, 3.8) is 0 Å². The maximum Gasteiger partial charge on any atom is 0.265 e. The first-order chi connectivity index (χ1) is 14.1. The molecule has 7 nitrogen and oxygen atoms in total. The number of piperidine rings is 1. The number of nitrogens with zero attached hydrogens (tertiary/aromatic N) is 2. The van der Waals surface area contributed by atoms with E-state index >= 15 is 0 Å². The Morgan fingerprint density at radius 3 is 2.62 bits per heavy atom. The van der Waals surface area contributed by atoms with Crippen LogP contribution in [-0.4, -0.2) is 54.9 Å². The molecule has 0 saturated carbocycles. The normalized spacial score (nSPS) is 18.6. The zero-order valence-electron chi connectivity index (χ0n) is 16.0. The second kappa shape index (κ2) is 8.65. The van der Waals surface area contributed by atoms with Gasteiger partial charge in [-0.15, -0.1) is 11.3 Å². The van der Waals surface area contributed by atoms with Crippen molar-refractivity contribution in [3.05, 3.63) is 46.7 Å². The smallest absolute Gasteiger partial charge is 0.265 e. The average Bonchev–Trinajstić information content (AvgIpc) is 3.31. The number of hydrogen-bond donors (Lipinski definition) is 1. The lowest BCUT2D eigenvalue weighted by molar-refractivity contribution is -0.139. The van der Waals surface area contributed by atoms with Gasteiger partial charge in [0.2, 0.25) is 5.91 Å². The number of likely N-dealkylation sites (tertiary alicyclic amines) is 1. The van der Waals surface area contributed by atoms with Gasteiger partial charge in [-0.2, -0.15) is 0 Å². The molecule has 2 aliphatic rings. The van der Waals surface area contributed by atoms with Crippen molar-refractivity contribution in [1.29, 1.82) is 0 Å². The summed E-state index contributed by atoms with van der Waals surface area (Å²) in [5.74, 6) is -0.135. The third-order valence-corrected chi connectivity index (χ3v) is 6.03. The van der Waals surface area contributed by atoms with E-state index in [0.717, 1.165) is 32.4 Å². The van der Waals surface area contributed by atoms with Gasteiger partial charge in [-0.25, -0.2) is 0 Å². The van der Waals surface area contributed by atoms with Gasteiger partial charge in [-0.05, 0) is 42.8 Å². The predicted molar refractivity (Wildman–Crippen MR) is 110 cm³/mol. The molecule has 4 rings (SSSR count). The van der Waals surface area contributed by atoms with Gasteiger partial charge in [0.1, 0.15) is 5.75 Å². The summed E-state index contributed by atoms with van der Waals surface area (Å²) in [6.07, 6.45) is 2.38. The highest BCUT2D eigenvalue weighted by molar-refractivity contribution is 7.12. The highest BCUT2D eigenvalue weighted by Crippen LogP contribution is 2.33. The lowest BCUT2D eigenvalue weighted by Gasteiger charge is -2.37. The van der Waals surface area contributed by atoms with Crippen LogP contribution in [0.3, 0.4) is 0 Å². The number of anilines is 1. The summed E-state index contributed by atoms with van der Waals surface area (Å²) in [5, 5.41) is 4.48. The Balaban J connectivity index is 1.47. The summed E-state index contributed by atoms with van der Waals surface area (Å²) in [7, 11) is 0. The van der Waals surface area contributed by atoms with Crippen LogP contribution >= 0.6 is 11.3 Å². The van der Waals surface area contributed by atoms with E-state index in [0.29, 0.717) is 16.3 Å². The molecule has 8 heteroatoms. The van der Waals surface area contributed by atoms with Crippen LogP contribution in [-0.2, 0) is 9.59 Å². The van der Waals surface area contributed by atoms with Crippen molar-refractivity contribution in [3.8, 4) is 5.75 Å². The minimum atomic E-state index is -0.736. The summed E-state index contributed by atoms with van der Waals surface area (Å²) in [4.78, 5) is 41.9. The Bertz CT molecular complexity index is 893. The molecule has 29 heavy (non-hydrogen) atoms. The highest BCUT2D eigenvalue weighted by Gasteiger charge is 2.36. The molecule has 1 atom stereocenters. The van der Waals surface area contributed by atoms with Gasteiger partial charge in [0.15, 0.2) is 6.10 Å². The van der Waals surface area contributed by atoms with Crippen LogP contribution in [0.15, 0.2) is 41.8 Å². The van der Waals surface area contributed by atoms with E-state index in [4.69, 9.17) is 4.74 Å². The van der Waals surface area contributed by atoms with Crippen LogP contribution in [0.25, 0.3) is 0 Å². The first kappa shape index (κ1) is 19.4. The maximum absolute atomic E-state index is 12.9. The fourth-order valence-corrected chi connectivity index (χ4v) is 4.30. The first-order valence-corrected chi connectivity index (χ1v) is 10.7. The number of carbonyl (C=O) groups excluding carboxylic acids is 3. The Hall–Kier alpha value is -2.87. The van der Waals surface area contributed by atoms with Crippen LogP contribution in [0, 0.1) is 0 Å². The molecular formula is C21H23N3O4S. The molecule has 2 aromatic rings. The molecule has 1 fully saturated rings. The summed E-state index contributed by atoms with van der Waals surface area (Å²) >= 11 is 1.32. The van der Waals surface area contributed by atoms with E-state index in [1.807, 2.05) is 22.4 Å². The summed E-state index contributed by atoms with van der Waals surface area (Å²) in [6.45, 7) is 1.45. The molecule has 2 aliphatic heterocycles. The number of fused-ring (bicyclic) bond motifs is 1. The van der Waals surface area contributed by atoms with Gasteiger partial charge in [-0.1, -0.05) is 18.2 Å². The number of ether oxygens (including phenoxy) is 1. The average molecular weight is 413 g/mol. The molecular weight excluding hydrogens is 390 g/mol. The minimum Gasteiger partial charge on any atom is -0.476 e. The number of benzene rings is 1. The van der Waals surface area contributed by atoms with Crippen LogP contribution in [0.1, 0.15) is 28.9 Å². The number of nitrogens with one attached hydrogen (secondary N) is 1. The Labute approximate surface area is 173 Å². The second-order valence-corrected chi connectivity index (χ2v) is 8.07. The van der Waals surface area contributed by atoms with Crippen LogP contribution < -0.4 is 15.0 Å². The third-order valence-electron chi connectivity index (χ3n) is 5.16. The Morgan fingerprint density at radius 2 is 1.86 bits per heavy atom. The lowest BCUT2D eigenvalue weighted by Crippen LogP contribution is -2.54. The summed E-state index contributed by atoms with van der Waals surface area (Å²) in [5.41, 5.74) is 0.616. The minimum absolute atomic E-state index is 0.0837. The van der Waals surface area contributed by atoms with Crippen LogP contribution in [0.5, 0.6) is 5.75 Å². The fraction of sp³-hybridized carbons (Fsp3) is 0.381. The lowest BCUT2D eigenvalue weighted by atomic mass is 10.1. The van der Waals surface area contributed by atoms with E-state index in [1.54, 1.807) is 29.2 Å². The highest BCUT2D eigenvalue weighted by atomic mass is 32.1. The van der Waals surface area contributed by atoms with Gasteiger partial charge >= 0.3 is 0 Å². The van der Waals surface area contributed by atoms with E-state index in [9.17, 15) is 14.4 Å². The molecule has 0 unspecified atom stereocenters. The summed E-state index contributed by atoms with van der Waals surface area (Å²) < 4.78 is 5.94. The van der Waals surface area contributed by atoms with Crippen molar-refractivity contribution in [1.82, 2.24) is 10.2 Å². The molecule has 0 radical (unpaired) electrons. The van der Waals surface area contributed by atoms with Crippen molar-refractivity contribution in [2.24, 2.45) is 0 Å². The molecule has 1 saturated heterocycles. The molecule has 0 aliphatic carbocycles. The molecule has 3 amide bonds. The molecule has 1 aromatic carbocycles. The Kier molecular flexibility index (Phi) is 5.80. The van der Waals surface area contributed by atoms with E-state index < -0.39 is 6.10 Å². The number of thiophene rings is 1. The monoisotopic (exact) mass is 413 g/mol. The number of para-hydroxylation sites is 2. The van der Waals surface area contributed by atoms with Gasteiger partial charge in [0.05, 0.1) is 23.7 Å². The number of hydrogen-bond acceptors (Lipinski definition) is 5. The number of rotatable bonds is 4. The summed E-state index contributed by atoms with van der Waals surface area (Å²) in [6, 6.07) is 10.7. The molecule has 0 spiro atoms. The number of amides is 3. The first-order valence-electron chi connectivity index (χ1n) is 9.80. The molecule has 1 N–H and O–H groups in total. The molecule has 1 aromatic heterocycles. The standard InChI is InChI=1S/C21H23N3O4S/c25-19(13-22-20(26)18-9-6-12-29-18)24-14-17(21(27)23-10-4-1-5-11-23)28-16-8-3-2-7-15(16)24/h2-3,6-9,12,17H,1,4-5,10-11,13-14H2,(H,22,26)/t17-/m1/s1. The topological polar surface area (TPSA) is 79.0 Å². The fourth-order valence-electron chi connectivity index (χ4n) is 3.66. The zero-order valence-corrected chi connectivity index (χ0v) is 16.8. The van der Waals surface area contributed by atoms with Gasteiger partial charge in [0.25, 0.3) is 11.8 Å². The second-order valence-electron chi connectivity index (χ2n) is 7.12. The SMILES string of the molecule is O=C(NCC(=O)N1C[C@H](C(=O)N2CCCCC2)Oc2ccccc21)c1cccs1. The Morgan fingerprint density at radius 1 is 1.07 bits per heavy atom. The quantitative estimate of drug-likeness (QED) is 0.834. The molecule has 3 heterocycles. The largest absolute Gasteiger partial charge is 0.476 e. The van der Waals surface area contributed by atoms with Gasteiger partial charge in [0, 0.05) is 13.1 Å². The zero-order chi connectivity index (χ0) is 20.2. The maximum atomic E-state index is 12.9.